The van der Waals surface area contributed by atoms with Crippen LogP contribution < -0.4 is 10.1 Å². The molecule has 4 heterocycles. The van der Waals surface area contributed by atoms with E-state index in [0.29, 0.717) is 17.9 Å². The summed E-state index contributed by atoms with van der Waals surface area (Å²) in [5, 5.41) is 7.34. The third kappa shape index (κ3) is 3.76. The van der Waals surface area contributed by atoms with Crippen molar-refractivity contribution in [3.63, 3.8) is 0 Å². The van der Waals surface area contributed by atoms with Crippen molar-refractivity contribution in [3.8, 4) is 28.3 Å². The second-order valence-electron chi connectivity index (χ2n) is 7.30. The molecular weight excluding hydrogens is 409 g/mol. The van der Waals surface area contributed by atoms with Crippen LogP contribution in [-0.2, 0) is 13.6 Å². The number of ether oxygens (including phenoxy) is 1. The van der Waals surface area contributed by atoms with Crippen LogP contribution in [0.25, 0.3) is 28.2 Å². The zero-order valence-electron chi connectivity index (χ0n) is 17.5. The van der Waals surface area contributed by atoms with Crippen molar-refractivity contribution in [1.82, 2.24) is 29.1 Å². The van der Waals surface area contributed by atoms with E-state index in [4.69, 9.17) is 4.74 Å². The van der Waals surface area contributed by atoms with E-state index in [1.165, 1.54) is 12.4 Å². The van der Waals surface area contributed by atoms with Crippen LogP contribution in [0.3, 0.4) is 0 Å². The molecule has 0 bridgehead atoms. The molecule has 9 heteroatoms. The lowest BCUT2D eigenvalue weighted by Gasteiger charge is -2.09. The number of methoxy groups -OCH3 is 1. The number of hydrogen-bond donors (Lipinski definition) is 1. The summed E-state index contributed by atoms with van der Waals surface area (Å²) in [6.45, 7) is 0.422. The molecule has 160 valence electrons. The normalized spacial score (nSPS) is 11.1. The number of nitrogens with zero attached hydrogens (tertiary/aromatic N) is 6. The number of hydrogen-bond acceptors (Lipinski definition) is 6. The fourth-order valence-corrected chi connectivity index (χ4v) is 3.53. The molecule has 0 saturated carbocycles. The standard InChI is InChI=1S/C23H20FN7O/c1-30-13-16(11-29-30)18-4-3-15(7-19(18)24)10-25-22-9-20(27-14-28-22)21-12-26-23-8-17(32-2)5-6-31(21)23/h3-9,11-14H,10H2,1-2H3,(H,25,27,28). The molecule has 1 N–H and O–H groups in total. The number of anilines is 1. The predicted octanol–water partition coefficient (Wildman–Crippen LogP) is 3.95. The van der Waals surface area contributed by atoms with Gasteiger partial charge < -0.3 is 10.1 Å². The van der Waals surface area contributed by atoms with Crippen LogP contribution >= 0.6 is 0 Å². The van der Waals surface area contributed by atoms with E-state index < -0.39 is 0 Å². The Balaban J connectivity index is 1.34. The molecule has 32 heavy (non-hydrogen) atoms. The average molecular weight is 429 g/mol. The summed E-state index contributed by atoms with van der Waals surface area (Å²) in [5.74, 6) is 1.08. The van der Waals surface area contributed by atoms with Gasteiger partial charge in [0.2, 0.25) is 0 Å². The van der Waals surface area contributed by atoms with Crippen molar-refractivity contribution >= 4 is 11.5 Å². The first-order valence-corrected chi connectivity index (χ1v) is 9.95. The van der Waals surface area contributed by atoms with Gasteiger partial charge in [-0.1, -0.05) is 12.1 Å². The van der Waals surface area contributed by atoms with Gasteiger partial charge in [0.15, 0.2) is 0 Å². The number of imidazole rings is 1. The van der Waals surface area contributed by atoms with Gasteiger partial charge in [-0.3, -0.25) is 9.08 Å². The van der Waals surface area contributed by atoms with Gasteiger partial charge in [0.05, 0.1) is 30.9 Å². The van der Waals surface area contributed by atoms with Crippen LogP contribution in [-0.4, -0.2) is 36.2 Å². The van der Waals surface area contributed by atoms with Gasteiger partial charge >= 0.3 is 0 Å². The Hall–Kier alpha value is -4.27. The molecule has 0 aliphatic heterocycles. The average Bonchev–Trinajstić information content (AvgIpc) is 3.43. The molecule has 0 saturated heterocycles. The lowest BCUT2D eigenvalue weighted by molar-refractivity contribution is 0.414. The Morgan fingerprint density at radius 3 is 2.75 bits per heavy atom. The summed E-state index contributed by atoms with van der Waals surface area (Å²) in [5.41, 5.74) is 4.39. The zero-order valence-corrected chi connectivity index (χ0v) is 17.5. The third-order valence-corrected chi connectivity index (χ3v) is 5.17. The smallest absolute Gasteiger partial charge is 0.140 e. The van der Waals surface area contributed by atoms with Crippen LogP contribution in [0.15, 0.2) is 67.5 Å². The highest BCUT2D eigenvalue weighted by atomic mass is 19.1. The van der Waals surface area contributed by atoms with Crippen molar-refractivity contribution in [2.45, 2.75) is 6.54 Å². The van der Waals surface area contributed by atoms with E-state index >= 15 is 0 Å². The minimum atomic E-state index is -0.290. The molecule has 0 unspecified atom stereocenters. The lowest BCUT2D eigenvalue weighted by Crippen LogP contribution is -2.03. The Bertz CT molecular complexity index is 1410. The molecule has 8 nitrogen and oxygen atoms in total. The SMILES string of the molecule is COc1ccn2c(-c3cc(NCc4ccc(-c5cnn(C)c5)c(F)c4)ncn3)cnc2c1. The summed E-state index contributed by atoms with van der Waals surface area (Å²) >= 11 is 0. The van der Waals surface area contributed by atoms with Crippen molar-refractivity contribution in [2.24, 2.45) is 7.05 Å². The molecule has 5 aromatic rings. The second kappa shape index (κ2) is 8.10. The second-order valence-corrected chi connectivity index (χ2v) is 7.30. The van der Waals surface area contributed by atoms with Crippen molar-refractivity contribution in [2.75, 3.05) is 12.4 Å². The predicted molar refractivity (Wildman–Crippen MR) is 119 cm³/mol. The lowest BCUT2D eigenvalue weighted by atomic mass is 10.1. The first kappa shape index (κ1) is 19.7. The van der Waals surface area contributed by atoms with Crippen LogP contribution in [0.4, 0.5) is 10.2 Å². The first-order chi connectivity index (χ1) is 15.6. The highest BCUT2D eigenvalue weighted by molar-refractivity contribution is 5.64. The summed E-state index contributed by atoms with van der Waals surface area (Å²) in [7, 11) is 3.43. The van der Waals surface area contributed by atoms with Crippen LogP contribution in [0.2, 0.25) is 0 Å². The van der Waals surface area contributed by atoms with Crippen molar-refractivity contribution in [1.29, 1.82) is 0 Å². The van der Waals surface area contributed by atoms with Crippen LogP contribution in [0.5, 0.6) is 5.75 Å². The molecule has 0 aliphatic carbocycles. The quantitative estimate of drug-likeness (QED) is 0.440. The van der Waals surface area contributed by atoms with Crippen molar-refractivity contribution in [3.05, 3.63) is 78.9 Å². The summed E-state index contributed by atoms with van der Waals surface area (Å²) < 4.78 is 23.4. The van der Waals surface area contributed by atoms with Gasteiger partial charge in [-0.25, -0.2) is 19.3 Å². The highest BCUT2D eigenvalue weighted by Crippen LogP contribution is 2.25. The molecular formula is C23H20FN7O. The number of benzene rings is 1. The maximum atomic E-state index is 14.6. The van der Waals surface area contributed by atoms with E-state index in [-0.39, 0.29) is 5.82 Å². The van der Waals surface area contributed by atoms with Gasteiger partial charge in [-0.15, -0.1) is 0 Å². The Morgan fingerprint density at radius 1 is 1.06 bits per heavy atom. The molecule has 0 radical (unpaired) electrons. The first-order valence-electron chi connectivity index (χ1n) is 9.95. The van der Waals surface area contributed by atoms with E-state index in [0.717, 1.165) is 33.9 Å². The minimum absolute atomic E-state index is 0.290. The molecule has 0 atom stereocenters. The Kier molecular flexibility index (Phi) is 4.98. The van der Waals surface area contributed by atoms with Gasteiger partial charge in [0, 0.05) is 49.2 Å². The van der Waals surface area contributed by atoms with E-state index in [1.807, 2.05) is 34.9 Å². The topological polar surface area (TPSA) is 82.2 Å². The number of fused-ring (bicyclic) bond motifs is 1. The fourth-order valence-electron chi connectivity index (χ4n) is 3.53. The maximum Gasteiger partial charge on any atom is 0.140 e. The number of aryl methyl sites for hydroxylation is 1. The largest absolute Gasteiger partial charge is 0.497 e. The zero-order chi connectivity index (χ0) is 22.1. The number of halogens is 1. The molecule has 1 aromatic carbocycles. The molecule has 0 fully saturated rings. The molecule has 4 aromatic heterocycles. The summed E-state index contributed by atoms with van der Waals surface area (Å²) in [6, 6.07) is 10.7. The van der Waals surface area contributed by atoms with Gasteiger partial charge in [0.1, 0.15) is 29.4 Å². The van der Waals surface area contributed by atoms with Gasteiger partial charge in [-0.2, -0.15) is 5.10 Å². The molecule has 5 rings (SSSR count). The number of rotatable bonds is 6. The maximum absolute atomic E-state index is 14.6. The van der Waals surface area contributed by atoms with E-state index in [2.05, 4.69) is 25.4 Å². The molecule has 0 amide bonds. The number of nitrogens with one attached hydrogen (secondary N) is 1. The fraction of sp³-hybridized carbons (Fsp3) is 0.130. The molecule has 0 aliphatic rings. The molecule has 0 spiro atoms. The number of aromatic nitrogens is 6. The Morgan fingerprint density at radius 2 is 1.97 bits per heavy atom. The monoisotopic (exact) mass is 429 g/mol. The number of pyridine rings is 1. The highest BCUT2D eigenvalue weighted by Gasteiger charge is 2.11. The minimum Gasteiger partial charge on any atom is -0.497 e. The third-order valence-electron chi connectivity index (χ3n) is 5.17. The van der Waals surface area contributed by atoms with Crippen molar-refractivity contribution < 1.29 is 9.13 Å². The van der Waals surface area contributed by atoms with Crippen LogP contribution in [0, 0.1) is 5.82 Å². The van der Waals surface area contributed by atoms with Gasteiger partial charge in [0.25, 0.3) is 0 Å². The van der Waals surface area contributed by atoms with E-state index in [9.17, 15) is 4.39 Å². The van der Waals surface area contributed by atoms with Gasteiger partial charge in [-0.05, 0) is 17.7 Å². The van der Waals surface area contributed by atoms with Crippen LogP contribution in [0.1, 0.15) is 5.56 Å². The summed E-state index contributed by atoms with van der Waals surface area (Å²) in [4.78, 5) is 13.1. The Labute approximate surface area is 183 Å². The van der Waals surface area contributed by atoms with E-state index in [1.54, 1.807) is 43.5 Å². The summed E-state index contributed by atoms with van der Waals surface area (Å²) in [6.07, 6.45) is 8.57.